The topological polar surface area (TPSA) is 53.5 Å². The number of anilines is 1. The largest absolute Gasteiger partial charge is 0.376 e. The number of fused-ring (bicyclic) bond motifs is 1. The molecule has 4 nitrogen and oxygen atoms in total. The van der Waals surface area contributed by atoms with E-state index in [0.29, 0.717) is 0 Å². The van der Waals surface area contributed by atoms with Gasteiger partial charge in [-0.15, -0.1) is 0 Å². The van der Waals surface area contributed by atoms with Crippen LogP contribution in [0.3, 0.4) is 0 Å². The molecular formula is C23H25N3O. The van der Waals surface area contributed by atoms with Gasteiger partial charge in [-0.05, 0) is 28.0 Å². The zero-order chi connectivity index (χ0) is 19.3. The summed E-state index contributed by atoms with van der Waals surface area (Å²) in [5, 5.41) is 9.45. The van der Waals surface area contributed by atoms with E-state index in [9.17, 15) is 4.79 Å². The van der Waals surface area contributed by atoms with Crippen molar-refractivity contribution in [2.24, 2.45) is 5.10 Å². The van der Waals surface area contributed by atoms with Crippen molar-refractivity contribution in [2.45, 2.75) is 26.2 Å². The highest BCUT2D eigenvalue weighted by atomic mass is 16.2. The lowest BCUT2D eigenvalue weighted by molar-refractivity contribution is -0.119. The Morgan fingerprint density at radius 2 is 1.67 bits per heavy atom. The van der Waals surface area contributed by atoms with Gasteiger partial charge in [0.2, 0.25) is 0 Å². The van der Waals surface area contributed by atoms with Gasteiger partial charge in [0.25, 0.3) is 5.91 Å². The molecule has 3 aromatic carbocycles. The number of carbonyl (C=O) groups excluding carboxylic acids is 1. The molecule has 0 atom stereocenters. The van der Waals surface area contributed by atoms with Crippen LogP contribution in [0.4, 0.5) is 5.69 Å². The maximum Gasteiger partial charge on any atom is 0.259 e. The molecule has 3 rings (SSSR count). The molecule has 0 spiro atoms. The van der Waals surface area contributed by atoms with E-state index in [0.717, 1.165) is 22.0 Å². The molecular weight excluding hydrogens is 334 g/mol. The Kier molecular flexibility index (Phi) is 5.55. The van der Waals surface area contributed by atoms with Gasteiger partial charge in [-0.1, -0.05) is 81.4 Å². The lowest BCUT2D eigenvalue weighted by atomic mass is 9.87. The lowest BCUT2D eigenvalue weighted by Gasteiger charge is -2.18. The standard InChI is InChI=1S/C23H25N3O/c1-23(2,3)19-13-11-17(12-14-19)15-25-26-22(27)16-24-21-10-6-8-18-7-4-5-9-20(18)21/h4-15,24H,16H2,1-3H3,(H,26,27)/b25-15-. The average molecular weight is 359 g/mol. The van der Waals surface area contributed by atoms with Gasteiger partial charge in [-0.25, -0.2) is 5.43 Å². The molecule has 138 valence electrons. The van der Waals surface area contributed by atoms with Gasteiger partial charge in [0.1, 0.15) is 0 Å². The van der Waals surface area contributed by atoms with Crippen LogP contribution in [0.25, 0.3) is 10.8 Å². The molecule has 27 heavy (non-hydrogen) atoms. The van der Waals surface area contributed by atoms with Gasteiger partial charge in [-0.3, -0.25) is 4.79 Å². The van der Waals surface area contributed by atoms with Crippen molar-refractivity contribution in [3.8, 4) is 0 Å². The second kappa shape index (κ2) is 8.04. The first-order valence-corrected chi connectivity index (χ1v) is 9.07. The third-order valence-electron chi connectivity index (χ3n) is 4.41. The van der Waals surface area contributed by atoms with Crippen LogP contribution in [0.15, 0.2) is 71.8 Å². The van der Waals surface area contributed by atoms with Gasteiger partial charge in [0.05, 0.1) is 12.8 Å². The minimum absolute atomic E-state index is 0.122. The fraction of sp³-hybridized carbons (Fsp3) is 0.217. The van der Waals surface area contributed by atoms with E-state index in [1.165, 1.54) is 5.56 Å². The van der Waals surface area contributed by atoms with Crippen molar-refractivity contribution in [1.29, 1.82) is 0 Å². The minimum Gasteiger partial charge on any atom is -0.376 e. The van der Waals surface area contributed by atoms with Gasteiger partial charge < -0.3 is 5.32 Å². The molecule has 0 aromatic heterocycles. The highest BCUT2D eigenvalue weighted by molar-refractivity contribution is 5.95. The number of amides is 1. The summed E-state index contributed by atoms with van der Waals surface area (Å²) in [6.07, 6.45) is 1.66. The van der Waals surface area contributed by atoms with Crippen molar-refractivity contribution in [1.82, 2.24) is 5.43 Å². The number of carbonyl (C=O) groups is 1. The first-order valence-electron chi connectivity index (χ1n) is 9.07. The van der Waals surface area contributed by atoms with Crippen LogP contribution >= 0.6 is 0 Å². The Hall–Kier alpha value is -3.14. The van der Waals surface area contributed by atoms with Crippen molar-refractivity contribution in [2.75, 3.05) is 11.9 Å². The quantitative estimate of drug-likeness (QED) is 0.512. The minimum atomic E-state index is -0.189. The Morgan fingerprint density at radius 3 is 2.41 bits per heavy atom. The van der Waals surface area contributed by atoms with Crippen molar-refractivity contribution >= 4 is 28.6 Å². The summed E-state index contributed by atoms with van der Waals surface area (Å²) in [6, 6.07) is 22.3. The number of nitrogens with zero attached hydrogens (tertiary/aromatic N) is 1. The number of hydrogen-bond acceptors (Lipinski definition) is 3. The zero-order valence-electron chi connectivity index (χ0n) is 16.0. The first-order chi connectivity index (χ1) is 12.9. The smallest absolute Gasteiger partial charge is 0.259 e. The highest BCUT2D eigenvalue weighted by Crippen LogP contribution is 2.23. The van der Waals surface area contributed by atoms with Gasteiger partial charge in [0.15, 0.2) is 0 Å². The van der Waals surface area contributed by atoms with Crippen LogP contribution < -0.4 is 10.7 Å². The summed E-state index contributed by atoms with van der Waals surface area (Å²) < 4.78 is 0. The Labute approximate surface area is 160 Å². The summed E-state index contributed by atoms with van der Waals surface area (Å²) >= 11 is 0. The molecule has 0 aliphatic rings. The fourth-order valence-corrected chi connectivity index (χ4v) is 2.84. The van der Waals surface area contributed by atoms with Crippen LogP contribution in [0.5, 0.6) is 0 Å². The van der Waals surface area contributed by atoms with Gasteiger partial charge in [-0.2, -0.15) is 5.10 Å². The average Bonchev–Trinajstić information content (AvgIpc) is 2.66. The molecule has 0 heterocycles. The maximum absolute atomic E-state index is 12.0. The number of benzene rings is 3. The summed E-state index contributed by atoms with van der Waals surface area (Å²) in [5.74, 6) is -0.189. The highest BCUT2D eigenvalue weighted by Gasteiger charge is 2.12. The van der Waals surface area contributed by atoms with Gasteiger partial charge in [0, 0.05) is 11.1 Å². The van der Waals surface area contributed by atoms with E-state index in [-0.39, 0.29) is 17.9 Å². The van der Waals surface area contributed by atoms with E-state index >= 15 is 0 Å². The lowest BCUT2D eigenvalue weighted by Crippen LogP contribution is -2.25. The molecule has 0 saturated heterocycles. The molecule has 0 unspecified atom stereocenters. The van der Waals surface area contributed by atoms with Crippen LogP contribution in [0, 0.1) is 0 Å². The van der Waals surface area contributed by atoms with E-state index in [1.807, 2.05) is 42.5 Å². The molecule has 0 aliphatic carbocycles. The van der Waals surface area contributed by atoms with Crippen molar-refractivity contribution in [3.05, 3.63) is 77.9 Å². The monoisotopic (exact) mass is 359 g/mol. The molecule has 2 N–H and O–H groups in total. The van der Waals surface area contributed by atoms with Crippen molar-refractivity contribution in [3.63, 3.8) is 0 Å². The summed E-state index contributed by atoms with van der Waals surface area (Å²) in [4.78, 5) is 12.0. The SMILES string of the molecule is CC(C)(C)c1ccc(/C=N\NC(=O)CNc2cccc3ccccc23)cc1. The fourth-order valence-electron chi connectivity index (χ4n) is 2.84. The zero-order valence-corrected chi connectivity index (χ0v) is 16.0. The predicted molar refractivity (Wildman–Crippen MR) is 113 cm³/mol. The van der Waals surface area contributed by atoms with E-state index in [1.54, 1.807) is 6.21 Å². The summed E-state index contributed by atoms with van der Waals surface area (Å²) in [6.45, 7) is 6.70. The Bertz CT molecular complexity index is 948. The first kappa shape index (κ1) is 18.6. The van der Waals surface area contributed by atoms with Crippen LogP contribution in [-0.2, 0) is 10.2 Å². The molecule has 1 amide bonds. The molecule has 3 aromatic rings. The second-order valence-electron chi connectivity index (χ2n) is 7.55. The van der Waals surface area contributed by atoms with Gasteiger partial charge >= 0.3 is 0 Å². The van der Waals surface area contributed by atoms with E-state index < -0.39 is 0 Å². The molecule has 4 heteroatoms. The van der Waals surface area contributed by atoms with Crippen LogP contribution in [0.1, 0.15) is 31.9 Å². The number of hydrogen-bond donors (Lipinski definition) is 2. The number of hydrazone groups is 1. The van der Waals surface area contributed by atoms with Crippen LogP contribution in [-0.4, -0.2) is 18.7 Å². The predicted octanol–water partition coefficient (Wildman–Crippen LogP) is 4.70. The normalized spacial score (nSPS) is 11.7. The molecule has 0 radical (unpaired) electrons. The van der Waals surface area contributed by atoms with Crippen molar-refractivity contribution < 1.29 is 4.79 Å². The molecule has 0 saturated carbocycles. The molecule has 0 fully saturated rings. The second-order valence-corrected chi connectivity index (χ2v) is 7.55. The molecule has 0 aliphatic heterocycles. The Balaban J connectivity index is 1.54. The third-order valence-corrected chi connectivity index (χ3v) is 4.41. The van der Waals surface area contributed by atoms with Crippen LogP contribution in [0.2, 0.25) is 0 Å². The van der Waals surface area contributed by atoms with E-state index in [2.05, 4.69) is 60.9 Å². The molecule has 0 bridgehead atoms. The van der Waals surface area contributed by atoms with E-state index in [4.69, 9.17) is 0 Å². The maximum atomic E-state index is 12.0. The summed E-state index contributed by atoms with van der Waals surface area (Å²) in [5.41, 5.74) is 5.84. The summed E-state index contributed by atoms with van der Waals surface area (Å²) in [7, 11) is 0. The third kappa shape index (κ3) is 4.94. The Morgan fingerprint density at radius 1 is 0.963 bits per heavy atom. The number of rotatable bonds is 5. The number of nitrogens with one attached hydrogen (secondary N) is 2.